The van der Waals surface area contributed by atoms with Crippen LogP contribution in [0.15, 0.2) is 6.20 Å². The van der Waals surface area contributed by atoms with Gasteiger partial charge >= 0.3 is 0 Å². The van der Waals surface area contributed by atoms with E-state index in [4.69, 9.17) is 5.73 Å². The van der Waals surface area contributed by atoms with Crippen molar-refractivity contribution in [3.63, 3.8) is 0 Å². The Labute approximate surface area is 88.9 Å². The van der Waals surface area contributed by atoms with Gasteiger partial charge in [-0.1, -0.05) is 0 Å². The van der Waals surface area contributed by atoms with Crippen LogP contribution in [0.25, 0.3) is 0 Å². The maximum Gasteiger partial charge on any atom is 0.185 e. The Kier molecular flexibility index (Phi) is 2.74. The van der Waals surface area contributed by atoms with Gasteiger partial charge in [0.2, 0.25) is 0 Å². The van der Waals surface area contributed by atoms with Crippen LogP contribution in [0, 0.1) is 5.92 Å². The van der Waals surface area contributed by atoms with Crippen molar-refractivity contribution in [2.24, 2.45) is 11.7 Å². The molecule has 0 aromatic carbocycles. The van der Waals surface area contributed by atoms with Gasteiger partial charge in [0.05, 0.1) is 0 Å². The van der Waals surface area contributed by atoms with Gasteiger partial charge in [0.15, 0.2) is 5.13 Å². The summed E-state index contributed by atoms with van der Waals surface area (Å²) in [6.45, 7) is 2.88. The van der Waals surface area contributed by atoms with Crippen molar-refractivity contribution in [1.29, 1.82) is 0 Å². The molecule has 2 rings (SSSR count). The topological polar surface area (TPSA) is 42.2 Å². The largest absolute Gasteiger partial charge is 0.348 e. The normalized spacial score (nSPS) is 18.2. The SMILES string of the molecule is CC(C1CC1)N(C)c1ncc(CN)s1. The molecule has 0 spiro atoms. The molecule has 1 unspecified atom stereocenters. The summed E-state index contributed by atoms with van der Waals surface area (Å²) in [7, 11) is 2.13. The van der Waals surface area contributed by atoms with Crippen molar-refractivity contribution in [1.82, 2.24) is 4.98 Å². The number of thiazole rings is 1. The minimum absolute atomic E-state index is 0.601. The fourth-order valence-electron chi connectivity index (χ4n) is 1.62. The molecule has 0 saturated heterocycles. The lowest BCUT2D eigenvalue weighted by molar-refractivity contribution is 0.608. The van der Waals surface area contributed by atoms with Crippen molar-refractivity contribution < 1.29 is 0 Å². The molecule has 4 heteroatoms. The van der Waals surface area contributed by atoms with Gasteiger partial charge in [-0.2, -0.15) is 0 Å². The maximum absolute atomic E-state index is 5.56. The monoisotopic (exact) mass is 211 g/mol. The highest BCUT2D eigenvalue weighted by atomic mass is 32.1. The van der Waals surface area contributed by atoms with E-state index in [1.54, 1.807) is 11.3 Å². The summed E-state index contributed by atoms with van der Waals surface area (Å²) in [5.74, 6) is 0.880. The molecule has 0 amide bonds. The number of hydrogen-bond donors (Lipinski definition) is 1. The zero-order valence-corrected chi connectivity index (χ0v) is 9.55. The third kappa shape index (κ3) is 1.91. The van der Waals surface area contributed by atoms with Crippen molar-refractivity contribution in [2.75, 3.05) is 11.9 Å². The third-order valence-corrected chi connectivity index (χ3v) is 4.07. The zero-order valence-electron chi connectivity index (χ0n) is 8.73. The highest BCUT2D eigenvalue weighted by molar-refractivity contribution is 7.15. The Morgan fingerprint density at radius 3 is 2.93 bits per heavy atom. The predicted octanol–water partition coefficient (Wildman–Crippen LogP) is 1.84. The van der Waals surface area contributed by atoms with E-state index in [0.29, 0.717) is 12.6 Å². The number of anilines is 1. The lowest BCUT2D eigenvalue weighted by Gasteiger charge is -2.23. The van der Waals surface area contributed by atoms with Gasteiger partial charge in [-0.3, -0.25) is 0 Å². The number of nitrogens with zero attached hydrogens (tertiary/aromatic N) is 2. The highest BCUT2D eigenvalue weighted by Gasteiger charge is 2.31. The number of hydrogen-bond acceptors (Lipinski definition) is 4. The molecule has 1 aliphatic carbocycles. The van der Waals surface area contributed by atoms with Crippen molar-refractivity contribution in [3.05, 3.63) is 11.1 Å². The Bertz CT molecular complexity index is 306. The molecule has 1 aromatic rings. The van der Waals surface area contributed by atoms with Crippen LogP contribution in [-0.4, -0.2) is 18.1 Å². The highest BCUT2D eigenvalue weighted by Crippen LogP contribution is 2.36. The second kappa shape index (κ2) is 3.87. The van der Waals surface area contributed by atoms with Gasteiger partial charge in [0.25, 0.3) is 0 Å². The average molecular weight is 211 g/mol. The van der Waals surface area contributed by atoms with Gasteiger partial charge in [-0.15, -0.1) is 11.3 Å². The van der Waals surface area contributed by atoms with Crippen LogP contribution < -0.4 is 10.6 Å². The Morgan fingerprint density at radius 1 is 1.71 bits per heavy atom. The summed E-state index contributed by atoms with van der Waals surface area (Å²) in [4.78, 5) is 7.82. The molecule has 14 heavy (non-hydrogen) atoms. The molecule has 1 aromatic heterocycles. The van der Waals surface area contributed by atoms with Crippen molar-refractivity contribution >= 4 is 16.5 Å². The molecule has 1 aliphatic rings. The second-order valence-corrected chi connectivity index (χ2v) is 5.10. The molecule has 0 bridgehead atoms. The van der Waals surface area contributed by atoms with Gasteiger partial charge < -0.3 is 10.6 Å². The van der Waals surface area contributed by atoms with E-state index in [9.17, 15) is 0 Å². The van der Waals surface area contributed by atoms with Crippen LogP contribution in [0.3, 0.4) is 0 Å². The standard InChI is InChI=1S/C10H17N3S/c1-7(8-3-4-8)13(2)10-12-6-9(5-11)14-10/h6-8H,3-5,11H2,1-2H3. The molecular weight excluding hydrogens is 194 g/mol. The summed E-state index contributed by atoms with van der Waals surface area (Å²) in [5.41, 5.74) is 5.56. The Morgan fingerprint density at radius 2 is 2.43 bits per heavy atom. The van der Waals surface area contributed by atoms with Gasteiger partial charge in [0, 0.05) is 30.7 Å². The third-order valence-electron chi connectivity index (χ3n) is 2.96. The van der Waals surface area contributed by atoms with Crippen LogP contribution in [0.4, 0.5) is 5.13 Å². The van der Waals surface area contributed by atoms with Crippen LogP contribution in [-0.2, 0) is 6.54 Å². The van der Waals surface area contributed by atoms with Crippen LogP contribution in [0.5, 0.6) is 0 Å². The van der Waals surface area contributed by atoms with E-state index in [1.165, 1.54) is 12.8 Å². The van der Waals surface area contributed by atoms with E-state index in [0.717, 1.165) is 15.9 Å². The van der Waals surface area contributed by atoms with E-state index < -0.39 is 0 Å². The van der Waals surface area contributed by atoms with E-state index >= 15 is 0 Å². The maximum atomic E-state index is 5.56. The molecule has 0 aliphatic heterocycles. The number of rotatable bonds is 4. The molecule has 78 valence electrons. The first-order valence-electron chi connectivity index (χ1n) is 5.10. The van der Waals surface area contributed by atoms with Gasteiger partial charge in [-0.05, 0) is 25.7 Å². The van der Waals surface area contributed by atoms with Crippen molar-refractivity contribution in [2.45, 2.75) is 32.4 Å². The smallest absolute Gasteiger partial charge is 0.185 e. The fraction of sp³-hybridized carbons (Fsp3) is 0.700. The second-order valence-electron chi connectivity index (χ2n) is 4.00. The first-order chi connectivity index (χ1) is 6.72. The average Bonchev–Trinajstić information content (AvgIpc) is 2.94. The molecular formula is C10H17N3S. The van der Waals surface area contributed by atoms with E-state index in [1.807, 2.05) is 6.20 Å². The summed E-state index contributed by atoms with van der Waals surface area (Å²) < 4.78 is 0. The summed E-state index contributed by atoms with van der Waals surface area (Å²) in [6, 6.07) is 0.617. The zero-order chi connectivity index (χ0) is 10.1. The first kappa shape index (κ1) is 9.93. The molecule has 1 saturated carbocycles. The van der Waals surface area contributed by atoms with E-state index in [2.05, 4.69) is 23.9 Å². The Hall–Kier alpha value is -0.610. The summed E-state index contributed by atoms with van der Waals surface area (Å²) in [6.07, 6.45) is 4.64. The van der Waals surface area contributed by atoms with Crippen LogP contribution in [0.2, 0.25) is 0 Å². The number of aromatic nitrogens is 1. The molecule has 2 N–H and O–H groups in total. The van der Waals surface area contributed by atoms with Crippen LogP contribution in [0.1, 0.15) is 24.6 Å². The lowest BCUT2D eigenvalue weighted by Crippen LogP contribution is -2.30. The minimum atomic E-state index is 0.601. The van der Waals surface area contributed by atoms with Crippen molar-refractivity contribution in [3.8, 4) is 0 Å². The summed E-state index contributed by atoms with van der Waals surface area (Å²) >= 11 is 1.70. The lowest BCUT2D eigenvalue weighted by atomic mass is 10.2. The Balaban J connectivity index is 2.05. The molecule has 0 radical (unpaired) electrons. The quantitative estimate of drug-likeness (QED) is 0.826. The van der Waals surface area contributed by atoms with Gasteiger partial charge in [0.1, 0.15) is 0 Å². The summed E-state index contributed by atoms with van der Waals surface area (Å²) in [5, 5.41) is 1.10. The minimum Gasteiger partial charge on any atom is -0.348 e. The van der Waals surface area contributed by atoms with Crippen LogP contribution >= 0.6 is 11.3 Å². The first-order valence-corrected chi connectivity index (χ1v) is 5.91. The molecule has 1 fully saturated rings. The molecule has 1 heterocycles. The van der Waals surface area contributed by atoms with E-state index in [-0.39, 0.29) is 0 Å². The fourth-order valence-corrected chi connectivity index (χ4v) is 2.46. The molecule has 1 atom stereocenters. The molecule has 3 nitrogen and oxygen atoms in total. The van der Waals surface area contributed by atoms with Gasteiger partial charge in [-0.25, -0.2) is 4.98 Å². The predicted molar refractivity (Wildman–Crippen MR) is 60.6 cm³/mol. The number of nitrogens with two attached hydrogens (primary N) is 1.